The molecule has 0 radical (unpaired) electrons. The highest BCUT2D eigenvalue weighted by atomic mass is 16.5. The number of ether oxygens (including phenoxy) is 2. The minimum Gasteiger partial charge on any atom is -0.396 e. The molecule has 0 aromatic rings. The minimum absolute atomic E-state index is 0. The molecule has 0 aromatic carbocycles. The predicted octanol–water partition coefficient (Wildman–Crippen LogP) is 19.2. The van der Waals surface area contributed by atoms with Crippen LogP contribution >= 0.6 is 0 Å². The molecule has 2 heterocycles. The fourth-order valence-electron chi connectivity index (χ4n) is 18.6. The Hall–Kier alpha value is -1.82. The van der Waals surface area contributed by atoms with Crippen LogP contribution in [0.5, 0.6) is 0 Å². The average Bonchev–Trinajstić information content (AvgIpc) is 4.16. The summed E-state index contributed by atoms with van der Waals surface area (Å²) < 4.78 is 13.2. The Labute approximate surface area is 441 Å². The summed E-state index contributed by atoms with van der Waals surface area (Å²) in [6, 6.07) is 0. The third kappa shape index (κ3) is 9.48. The molecule has 0 bridgehead atoms. The number of allylic oxidation sites excluding steroid dienone is 1. The normalized spacial score (nSPS) is 42.7. The number of carbonyl (C=O) groups excluding carboxylic acids is 2. The molecule has 13 rings (SSSR count). The van der Waals surface area contributed by atoms with E-state index in [2.05, 4.69) is 44.2 Å². The highest BCUT2D eigenvalue weighted by Crippen LogP contribution is 2.81. The lowest BCUT2D eigenvalue weighted by atomic mass is 9.46. The molecule has 13 aliphatic rings. The second-order valence-electron chi connectivity index (χ2n) is 21.4. The van der Waals surface area contributed by atoms with Gasteiger partial charge in [0.05, 0.1) is 24.4 Å². The highest BCUT2D eigenvalue weighted by Gasteiger charge is 2.79. The average molecular weight is 990 g/mol. The van der Waals surface area contributed by atoms with Gasteiger partial charge in [0.15, 0.2) is 11.6 Å². The maximum Gasteiger partial charge on any atom is 0.155 e. The van der Waals surface area contributed by atoms with Gasteiger partial charge in [0, 0.05) is 36.2 Å². The summed E-state index contributed by atoms with van der Waals surface area (Å²) in [5.74, 6) is 10.3. The molecular formula is C65H128O5. The van der Waals surface area contributed by atoms with Crippen LogP contribution < -0.4 is 0 Å². The SMILES string of the molecule is C.C.C.C.C.C.C.C.C.C.C.C.C.C.C.C.CC[C@]12CC[C@H]3[C@@H](CC4(CC4)C4=CC(=O)CC[C@@H]43)[C@@H]1[C@@H]1C[C@@H]1[C@@]21C=CCO1.CC[C@]12CC[C@H]3[C@@H](C[C@@H](CO)C4=CC(=O)CC[C@@H]43)[C@@H]1[C@@H]1C[C@@H]1[C@@]21C=CCO1. The highest BCUT2D eigenvalue weighted by molar-refractivity contribution is 5.92. The van der Waals surface area contributed by atoms with Crippen molar-refractivity contribution >= 4 is 11.6 Å². The Kier molecular flexibility index (Phi) is 28.7. The van der Waals surface area contributed by atoms with Crippen LogP contribution in [-0.2, 0) is 19.1 Å². The van der Waals surface area contributed by atoms with E-state index < -0.39 is 0 Å². The van der Waals surface area contributed by atoms with E-state index in [0.717, 1.165) is 98.1 Å². The number of aliphatic hydroxyl groups is 1. The molecule has 9 fully saturated rings. The van der Waals surface area contributed by atoms with E-state index in [9.17, 15) is 14.7 Å². The predicted molar refractivity (Wildman–Crippen MR) is 314 cm³/mol. The monoisotopic (exact) mass is 989 g/mol. The zero-order chi connectivity index (χ0) is 36.4. The molecule has 0 unspecified atom stereocenters. The van der Waals surface area contributed by atoms with Crippen molar-refractivity contribution in [1.29, 1.82) is 0 Å². The topological polar surface area (TPSA) is 72.8 Å². The van der Waals surface area contributed by atoms with E-state index in [1.54, 1.807) is 5.57 Å². The summed E-state index contributed by atoms with van der Waals surface area (Å²) in [5.41, 5.74) is 4.15. The number of hydrogen-bond acceptors (Lipinski definition) is 5. The number of carbonyl (C=O) groups is 2. The summed E-state index contributed by atoms with van der Waals surface area (Å²) in [7, 11) is 0. The first kappa shape index (κ1) is 77.1. The number of rotatable bonds is 3. The van der Waals surface area contributed by atoms with Crippen LogP contribution in [0.4, 0.5) is 0 Å². The molecule has 11 aliphatic carbocycles. The first-order valence-electron chi connectivity index (χ1n) is 23.0. The van der Waals surface area contributed by atoms with Crippen LogP contribution in [0.25, 0.3) is 0 Å². The van der Waals surface area contributed by atoms with Crippen molar-refractivity contribution in [1.82, 2.24) is 0 Å². The molecule has 0 aromatic heterocycles. The van der Waals surface area contributed by atoms with Crippen molar-refractivity contribution in [3.8, 4) is 0 Å². The van der Waals surface area contributed by atoms with Gasteiger partial charge in [0.25, 0.3) is 0 Å². The van der Waals surface area contributed by atoms with Gasteiger partial charge < -0.3 is 14.6 Å². The quantitative estimate of drug-likeness (QED) is 0.285. The van der Waals surface area contributed by atoms with Crippen molar-refractivity contribution < 1.29 is 24.2 Å². The van der Waals surface area contributed by atoms with Crippen LogP contribution in [0.3, 0.4) is 0 Å². The molecule has 0 saturated heterocycles. The molecule has 2 aliphatic heterocycles. The molecule has 9 saturated carbocycles. The van der Waals surface area contributed by atoms with Crippen molar-refractivity contribution in [3.05, 3.63) is 47.6 Å². The van der Waals surface area contributed by atoms with Crippen molar-refractivity contribution in [2.24, 2.45) is 93.2 Å². The van der Waals surface area contributed by atoms with Gasteiger partial charge in [-0.3, -0.25) is 9.59 Å². The van der Waals surface area contributed by atoms with E-state index in [1.807, 2.05) is 6.08 Å². The molecule has 5 heteroatoms. The lowest BCUT2D eigenvalue weighted by Crippen LogP contribution is -2.56. The van der Waals surface area contributed by atoms with Gasteiger partial charge in [-0.05, 0) is 178 Å². The second-order valence-corrected chi connectivity index (χ2v) is 21.4. The Morgan fingerprint density at radius 1 is 0.529 bits per heavy atom. The number of aliphatic hydroxyl groups excluding tert-OH is 1. The number of fused-ring (bicyclic) bond motifs is 19. The molecule has 3 spiro atoms. The zero-order valence-corrected chi connectivity index (χ0v) is 33.0. The minimum atomic E-state index is 0. The van der Waals surface area contributed by atoms with Gasteiger partial charge in [0.1, 0.15) is 0 Å². The van der Waals surface area contributed by atoms with Crippen LogP contribution in [-0.4, -0.2) is 47.7 Å². The van der Waals surface area contributed by atoms with Crippen LogP contribution in [0.2, 0.25) is 0 Å². The fraction of sp³-hybridized carbons (Fsp3) is 0.846. The largest absolute Gasteiger partial charge is 0.396 e. The smallest absolute Gasteiger partial charge is 0.155 e. The van der Waals surface area contributed by atoms with Crippen molar-refractivity contribution in [2.75, 3.05) is 19.8 Å². The number of ketones is 2. The second kappa shape index (κ2) is 26.1. The van der Waals surface area contributed by atoms with Gasteiger partial charge in [-0.2, -0.15) is 0 Å². The molecule has 5 nitrogen and oxygen atoms in total. The van der Waals surface area contributed by atoms with Crippen LogP contribution in [0.1, 0.15) is 235 Å². The van der Waals surface area contributed by atoms with Gasteiger partial charge in [0.2, 0.25) is 0 Å². The van der Waals surface area contributed by atoms with Crippen molar-refractivity contribution in [2.45, 2.75) is 247 Å². The lowest BCUT2D eigenvalue weighted by molar-refractivity contribution is -0.146. The molecular weight excluding hydrogens is 861 g/mol. The third-order valence-electron chi connectivity index (χ3n) is 20.5. The Bertz CT molecular complexity index is 1780. The first-order chi connectivity index (χ1) is 26.3. The van der Waals surface area contributed by atoms with E-state index in [-0.39, 0.29) is 148 Å². The van der Waals surface area contributed by atoms with E-state index in [4.69, 9.17) is 9.47 Å². The Morgan fingerprint density at radius 2 is 0.971 bits per heavy atom. The first-order valence-corrected chi connectivity index (χ1v) is 23.0. The Balaban J connectivity index is -0.000000328. The number of hydrogen-bond donors (Lipinski definition) is 1. The summed E-state index contributed by atoms with van der Waals surface area (Å²) >= 11 is 0. The molecule has 0 amide bonds. The summed E-state index contributed by atoms with van der Waals surface area (Å²) in [6.07, 6.45) is 33.0. The lowest BCUT2D eigenvalue weighted by Gasteiger charge is -2.59. The molecule has 17 atom stereocenters. The summed E-state index contributed by atoms with van der Waals surface area (Å²) in [4.78, 5) is 24.3. The van der Waals surface area contributed by atoms with E-state index in [1.165, 1.54) is 76.2 Å². The standard InChI is InChI=1S/C25H32O2.C24H32O3.16CH4/c1-2-24-8-6-16-17-5-4-15(26)12-20(17)23(9-10-23)14-19(16)22(24)18-13-21(18)25(24)7-3-11-27-25;1-2-23-8-6-17-16-5-4-15(26)11-18(16)14(13-25)10-19(17)22(23)20-12-21(20)24(23)7-3-9-27-24;;;;;;;;;;;;;;;;/h3,7,12,16-19,21-22H,2,4-6,8-11,13-14H2,1H3;3,7,11,14,16-17,19-22,25H,2,4-6,8-10,12-13H2,1H3;16*1H4/t16-,17-,18-,19-,21+,22+,24+,25+;14-,16+,17+,19+,20+,21-,22+,23-,24-;;;;;;;;;;;;;;;;/m10................/s1. The van der Waals surface area contributed by atoms with Gasteiger partial charge in [-0.1, -0.05) is 168 Å². The fourth-order valence-corrected chi connectivity index (χ4v) is 18.6. The van der Waals surface area contributed by atoms with Crippen molar-refractivity contribution in [3.63, 3.8) is 0 Å². The molecule has 1 N–H and O–H groups in total. The van der Waals surface area contributed by atoms with E-state index in [0.29, 0.717) is 40.3 Å². The molecule has 70 heavy (non-hydrogen) atoms. The van der Waals surface area contributed by atoms with Gasteiger partial charge in [-0.25, -0.2) is 0 Å². The molecule has 418 valence electrons. The zero-order valence-electron chi connectivity index (χ0n) is 33.0. The van der Waals surface area contributed by atoms with E-state index >= 15 is 0 Å². The maximum atomic E-state index is 12.2. The third-order valence-corrected chi connectivity index (χ3v) is 20.5. The maximum absolute atomic E-state index is 12.2. The van der Waals surface area contributed by atoms with Gasteiger partial charge in [-0.15, -0.1) is 0 Å². The Morgan fingerprint density at radius 3 is 1.40 bits per heavy atom. The van der Waals surface area contributed by atoms with Crippen LogP contribution in [0, 0.1) is 93.2 Å². The summed E-state index contributed by atoms with van der Waals surface area (Å²) in [5, 5.41) is 10.2. The summed E-state index contributed by atoms with van der Waals surface area (Å²) in [6.45, 7) is 6.69. The van der Waals surface area contributed by atoms with Crippen LogP contribution in [0.15, 0.2) is 47.6 Å². The van der Waals surface area contributed by atoms with Gasteiger partial charge >= 0.3 is 0 Å².